The molecule has 14 atom stereocenters. The van der Waals surface area contributed by atoms with Crippen molar-refractivity contribution in [1.82, 2.24) is 9.80 Å². The summed E-state index contributed by atoms with van der Waals surface area (Å²) in [5.41, 5.74) is 1.29. The minimum absolute atomic E-state index is 0.0108. The molecule has 12 nitrogen and oxygen atoms in total. The number of cyclic esters (lactones) is 1. The molecule has 4 rings (SSSR count). The summed E-state index contributed by atoms with van der Waals surface area (Å²) in [6.45, 7) is 13.8. The van der Waals surface area contributed by atoms with Gasteiger partial charge in [-0.2, -0.15) is 0 Å². The molecular weight excluding hydrogens is 772 g/mol. The van der Waals surface area contributed by atoms with Crippen LogP contribution in [0.25, 0.3) is 0 Å². The fraction of sp³-hybridized carbons (Fsp3) is 0.830. The molecular formula is C47H77FN2O10. The number of aliphatic hydroxyl groups is 1. The van der Waals surface area contributed by atoms with Gasteiger partial charge in [-0.15, -0.1) is 0 Å². The van der Waals surface area contributed by atoms with Crippen LogP contribution in [0.3, 0.4) is 0 Å². The Bertz CT molecular complexity index is 1520. The summed E-state index contributed by atoms with van der Waals surface area (Å²) in [5.74, 6) is -7.46. The van der Waals surface area contributed by atoms with Gasteiger partial charge in [0.05, 0.1) is 18.3 Å². The number of esters is 1. The van der Waals surface area contributed by atoms with Crippen molar-refractivity contribution in [3.05, 3.63) is 23.3 Å². The van der Waals surface area contributed by atoms with Crippen LogP contribution in [0.1, 0.15) is 126 Å². The van der Waals surface area contributed by atoms with Gasteiger partial charge in [-0.05, 0) is 127 Å². The Labute approximate surface area is 359 Å². The summed E-state index contributed by atoms with van der Waals surface area (Å²) < 4.78 is 46.8. The molecule has 3 heterocycles. The van der Waals surface area contributed by atoms with Crippen LogP contribution in [0.2, 0.25) is 0 Å². The third-order valence-corrected chi connectivity index (χ3v) is 13.9. The second-order valence-electron chi connectivity index (χ2n) is 18.6. The maximum absolute atomic E-state index is 16.3. The van der Waals surface area contributed by atoms with Crippen LogP contribution in [0, 0.1) is 29.6 Å². The lowest BCUT2D eigenvalue weighted by Crippen LogP contribution is -2.64. The minimum Gasteiger partial charge on any atom is -0.456 e. The van der Waals surface area contributed by atoms with Crippen molar-refractivity contribution in [3.8, 4) is 0 Å². The molecule has 0 aromatic carbocycles. The molecule has 13 heteroatoms. The van der Waals surface area contributed by atoms with E-state index in [1.165, 1.54) is 19.1 Å². The predicted molar refractivity (Wildman–Crippen MR) is 228 cm³/mol. The van der Waals surface area contributed by atoms with E-state index in [1.54, 1.807) is 26.8 Å². The van der Waals surface area contributed by atoms with Gasteiger partial charge in [0.1, 0.15) is 30.2 Å². The van der Waals surface area contributed by atoms with Crippen molar-refractivity contribution in [2.75, 3.05) is 41.5 Å². The predicted octanol–water partition coefficient (Wildman–Crippen LogP) is 6.80. The second kappa shape index (κ2) is 22.7. The van der Waals surface area contributed by atoms with E-state index >= 15 is 4.39 Å². The third kappa shape index (κ3) is 11.9. The van der Waals surface area contributed by atoms with E-state index in [2.05, 4.69) is 32.0 Å². The van der Waals surface area contributed by atoms with Crippen molar-refractivity contribution in [2.24, 2.45) is 29.6 Å². The van der Waals surface area contributed by atoms with Crippen LogP contribution in [-0.4, -0.2) is 134 Å². The lowest BCUT2D eigenvalue weighted by molar-refractivity contribution is -0.302. The zero-order valence-corrected chi connectivity index (χ0v) is 38.5. The molecule has 3 aliphatic heterocycles. The molecule has 0 radical (unpaired) electrons. The molecule has 3 fully saturated rings. The monoisotopic (exact) mass is 849 g/mol. The lowest BCUT2D eigenvalue weighted by atomic mass is 9.81. The van der Waals surface area contributed by atoms with Crippen LogP contribution in [0.4, 0.5) is 4.39 Å². The number of nitrogens with zero attached hydrogens (tertiary/aromatic N) is 2. The average molecular weight is 849 g/mol. The molecule has 1 saturated carbocycles. The number of amides is 1. The van der Waals surface area contributed by atoms with E-state index in [0.717, 1.165) is 31.3 Å². The molecule has 1 amide bonds. The molecule has 1 N–H and O–H groups in total. The SMILES string of the molecule is CCCOC1CC(C=C(C)C2OC(=O)C3CCCCN3C(=O)C(=O)C3(O)OC(C(OC)CC(C)C(F)C(C)=CC(CC)C(=O)CCC2C)C(OC)CC3C)CCC1N(C)C. The number of carbonyl (C=O) groups excluding carboxylic acids is 4. The number of alkyl halides is 1. The molecule has 0 spiro atoms. The second-order valence-corrected chi connectivity index (χ2v) is 18.6. The van der Waals surface area contributed by atoms with E-state index in [1.807, 2.05) is 20.8 Å². The van der Waals surface area contributed by atoms with Gasteiger partial charge < -0.3 is 38.6 Å². The van der Waals surface area contributed by atoms with E-state index < -0.39 is 77.8 Å². The molecule has 1 aliphatic carbocycles. The van der Waals surface area contributed by atoms with E-state index in [4.69, 9.17) is 23.7 Å². The molecule has 0 aromatic rings. The van der Waals surface area contributed by atoms with Gasteiger partial charge >= 0.3 is 5.97 Å². The summed E-state index contributed by atoms with van der Waals surface area (Å²) in [6, 6.07) is -0.766. The fourth-order valence-electron chi connectivity index (χ4n) is 10.1. The van der Waals surface area contributed by atoms with Gasteiger partial charge in [-0.3, -0.25) is 14.4 Å². The highest BCUT2D eigenvalue weighted by Crippen LogP contribution is 2.40. The number of hydrogen-bond acceptors (Lipinski definition) is 11. The van der Waals surface area contributed by atoms with Crippen molar-refractivity contribution >= 4 is 23.4 Å². The smallest absolute Gasteiger partial charge is 0.329 e. The number of hydrogen-bond donors (Lipinski definition) is 1. The number of ether oxygens (including phenoxy) is 5. The van der Waals surface area contributed by atoms with Gasteiger partial charge in [-0.25, -0.2) is 9.18 Å². The number of allylic oxidation sites excluding steroid dienone is 3. The highest BCUT2D eigenvalue weighted by Gasteiger charge is 2.56. The maximum Gasteiger partial charge on any atom is 0.329 e. The summed E-state index contributed by atoms with van der Waals surface area (Å²) >= 11 is 0. The first-order valence-electron chi connectivity index (χ1n) is 22.7. The van der Waals surface area contributed by atoms with E-state index in [9.17, 15) is 24.3 Å². The maximum atomic E-state index is 16.3. The normalized spacial score (nSPS) is 38.8. The number of halogens is 1. The fourth-order valence-corrected chi connectivity index (χ4v) is 10.1. The Morgan fingerprint density at radius 3 is 2.28 bits per heavy atom. The number of carbonyl (C=O) groups is 4. The Hall–Kier alpha value is -2.55. The van der Waals surface area contributed by atoms with Crippen LogP contribution in [0.5, 0.6) is 0 Å². The molecule has 0 aromatic heterocycles. The molecule has 14 unspecified atom stereocenters. The van der Waals surface area contributed by atoms with Gasteiger partial charge in [0.25, 0.3) is 11.7 Å². The van der Waals surface area contributed by atoms with Crippen LogP contribution < -0.4 is 0 Å². The molecule has 342 valence electrons. The van der Waals surface area contributed by atoms with E-state index in [0.29, 0.717) is 43.9 Å². The van der Waals surface area contributed by atoms with Gasteiger partial charge in [0, 0.05) is 51.7 Å². The van der Waals surface area contributed by atoms with Gasteiger partial charge in [0.15, 0.2) is 0 Å². The summed E-state index contributed by atoms with van der Waals surface area (Å²) in [7, 11) is 7.11. The highest BCUT2D eigenvalue weighted by atomic mass is 19.1. The first kappa shape index (κ1) is 50.1. The van der Waals surface area contributed by atoms with Crippen molar-refractivity contribution < 1.29 is 52.4 Å². The lowest BCUT2D eigenvalue weighted by Gasteiger charge is -2.47. The standard InChI is InChI=1S/C47H77FN2O10/c1-12-22-58-38-27-33(18-19-35(38)49(8)9)23-31(6)42-28(3)17-20-37(51)34(13-2)24-29(4)41(48)30(5)25-39(56-10)43-40(57-11)26-32(7)47(55,60-43)44(52)45(53)50-21-15-14-16-36(50)46(54)59-42/h23-24,28,30,32-36,38-43,55H,12-22,25-27H2,1-11H3. The minimum atomic E-state index is -2.55. The number of ketones is 2. The van der Waals surface area contributed by atoms with Crippen molar-refractivity contribution in [3.63, 3.8) is 0 Å². The summed E-state index contributed by atoms with van der Waals surface area (Å²) in [4.78, 5) is 60.3. The first-order valence-corrected chi connectivity index (χ1v) is 22.7. The van der Waals surface area contributed by atoms with Crippen LogP contribution in [0.15, 0.2) is 23.3 Å². The Kier molecular flexibility index (Phi) is 19.0. The highest BCUT2D eigenvalue weighted by molar-refractivity contribution is 6.39. The third-order valence-electron chi connectivity index (χ3n) is 13.9. The van der Waals surface area contributed by atoms with Crippen LogP contribution in [-0.2, 0) is 42.9 Å². The van der Waals surface area contributed by atoms with Crippen molar-refractivity contribution in [2.45, 2.75) is 180 Å². The van der Waals surface area contributed by atoms with Gasteiger partial charge in [-0.1, -0.05) is 46.8 Å². The number of Topliss-reactive ketones (excluding diaryl/α,β-unsaturated/α-hetero) is 2. The molecule has 2 saturated heterocycles. The van der Waals surface area contributed by atoms with Crippen LogP contribution >= 0.6 is 0 Å². The largest absolute Gasteiger partial charge is 0.456 e. The molecule has 4 aliphatic rings. The summed E-state index contributed by atoms with van der Waals surface area (Å²) in [6.07, 6.45) is 5.90. The first-order chi connectivity index (χ1) is 28.4. The quantitative estimate of drug-likeness (QED) is 0.149. The number of methoxy groups -OCH3 is 2. The topological polar surface area (TPSA) is 141 Å². The molecule has 2 bridgehead atoms. The number of piperidine rings is 1. The van der Waals surface area contributed by atoms with E-state index in [-0.39, 0.29) is 56.0 Å². The summed E-state index contributed by atoms with van der Waals surface area (Å²) in [5, 5.41) is 12.1. The zero-order chi connectivity index (χ0) is 44.5. The number of likely N-dealkylation sites (N-methyl/N-ethyl adjacent to an activating group) is 1. The number of fused-ring (bicyclic) bond motifs is 3. The van der Waals surface area contributed by atoms with Gasteiger partial charge in [0.2, 0.25) is 5.79 Å². The average Bonchev–Trinajstić information content (AvgIpc) is 3.23. The zero-order valence-electron chi connectivity index (χ0n) is 38.5. The molecule has 60 heavy (non-hydrogen) atoms. The Morgan fingerprint density at radius 1 is 0.967 bits per heavy atom. The number of rotatable bonds is 9. The Morgan fingerprint density at radius 2 is 1.65 bits per heavy atom. The Balaban J connectivity index is 1.75. The van der Waals surface area contributed by atoms with Crippen molar-refractivity contribution in [1.29, 1.82) is 0 Å².